The molecule has 0 aliphatic heterocycles. The van der Waals surface area contributed by atoms with Crippen LogP contribution in [0.25, 0.3) is 0 Å². The number of amides is 1. The Morgan fingerprint density at radius 2 is 2.14 bits per heavy atom. The van der Waals surface area contributed by atoms with Crippen molar-refractivity contribution >= 4 is 21.8 Å². The molecule has 1 fully saturated rings. The van der Waals surface area contributed by atoms with Crippen molar-refractivity contribution in [3.05, 3.63) is 0 Å². The Balaban J connectivity index is 2.58. The molecule has 0 aromatic carbocycles. The molecule has 0 spiro atoms. The quantitative estimate of drug-likeness (QED) is 0.774. The first-order valence-corrected chi connectivity index (χ1v) is 5.95. The molecule has 0 aromatic rings. The molecule has 0 aromatic heterocycles. The fraction of sp³-hybridized carbons (Fsp3) is 0.727. The third-order valence-electron chi connectivity index (χ3n) is 2.83. The highest BCUT2D eigenvalue weighted by molar-refractivity contribution is 9.12. The molecule has 3 heteroatoms. The van der Waals surface area contributed by atoms with Crippen LogP contribution in [0.15, 0.2) is 0 Å². The van der Waals surface area contributed by atoms with Gasteiger partial charge >= 0.3 is 0 Å². The summed E-state index contributed by atoms with van der Waals surface area (Å²) >= 11 is 2.93. The standard InChI is InChI=1S/C11H16BrNO/c1-2-6-11(7-3-4-8-11)13-10(14)5-9-12/h2-4,6-8H2,1H3,(H,13,14). The molecule has 1 amide bonds. The summed E-state index contributed by atoms with van der Waals surface area (Å²) in [6.45, 7) is 2.16. The molecule has 0 heterocycles. The Morgan fingerprint density at radius 1 is 1.50 bits per heavy atom. The van der Waals surface area contributed by atoms with Gasteiger partial charge in [-0.3, -0.25) is 4.79 Å². The van der Waals surface area contributed by atoms with E-state index in [1.54, 1.807) is 0 Å². The Kier molecular flexibility index (Phi) is 4.47. The fourth-order valence-corrected chi connectivity index (χ4v) is 2.46. The molecule has 0 bridgehead atoms. The Bertz CT molecular complexity index is 258. The van der Waals surface area contributed by atoms with Gasteiger partial charge in [0, 0.05) is 27.4 Å². The third-order valence-corrected chi connectivity index (χ3v) is 3.03. The van der Waals surface area contributed by atoms with E-state index in [4.69, 9.17) is 0 Å². The van der Waals surface area contributed by atoms with E-state index in [0.717, 1.165) is 25.7 Å². The minimum absolute atomic E-state index is 0.0443. The number of hydrogen-bond acceptors (Lipinski definition) is 1. The minimum Gasteiger partial charge on any atom is -0.340 e. The molecule has 14 heavy (non-hydrogen) atoms. The van der Waals surface area contributed by atoms with Crippen LogP contribution >= 0.6 is 15.9 Å². The second-order valence-electron chi connectivity index (χ2n) is 3.91. The van der Waals surface area contributed by atoms with Gasteiger partial charge < -0.3 is 5.32 Å². The van der Waals surface area contributed by atoms with Gasteiger partial charge in [0.2, 0.25) is 0 Å². The number of carbonyl (C=O) groups excluding carboxylic acids is 1. The number of carbonyl (C=O) groups is 1. The predicted octanol–water partition coefficient (Wildman–Crippen LogP) is 2.57. The van der Waals surface area contributed by atoms with Crippen LogP contribution in [0.2, 0.25) is 0 Å². The molecule has 1 aliphatic rings. The minimum atomic E-state index is -0.155. The number of halogens is 1. The SMILES string of the molecule is CCCC1(NC(=O)C#CBr)CCCC1. The van der Waals surface area contributed by atoms with Crippen LogP contribution in [0.4, 0.5) is 0 Å². The second-order valence-corrected chi connectivity index (χ2v) is 4.31. The lowest BCUT2D eigenvalue weighted by atomic mass is 9.92. The second kappa shape index (κ2) is 5.41. The maximum absolute atomic E-state index is 11.4. The summed E-state index contributed by atoms with van der Waals surface area (Å²) in [5.41, 5.74) is 0.0443. The van der Waals surface area contributed by atoms with Crippen molar-refractivity contribution in [2.75, 3.05) is 0 Å². The zero-order chi connectivity index (χ0) is 10.4. The number of nitrogens with one attached hydrogen (secondary N) is 1. The highest BCUT2D eigenvalue weighted by atomic mass is 79.9. The van der Waals surface area contributed by atoms with Crippen LogP contribution in [0.5, 0.6) is 0 Å². The zero-order valence-corrected chi connectivity index (χ0v) is 10.1. The monoisotopic (exact) mass is 257 g/mol. The van der Waals surface area contributed by atoms with Crippen LogP contribution in [-0.4, -0.2) is 11.4 Å². The molecule has 2 nitrogen and oxygen atoms in total. The van der Waals surface area contributed by atoms with Crippen molar-refractivity contribution in [3.8, 4) is 10.8 Å². The van der Waals surface area contributed by atoms with Gasteiger partial charge in [-0.15, -0.1) is 0 Å². The van der Waals surface area contributed by atoms with E-state index >= 15 is 0 Å². The molecule has 0 atom stereocenters. The highest BCUT2D eigenvalue weighted by Gasteiger charge is 2.33. The number of hydrogen-bond donors (Lipinski definition) is 1. The van der Waals surface area contributed by atoms with Gasteiger partial charge in [0.1, 0.15) is 0 Å². The van der Waals surface area contributed by atoms with E-state index in [1.807, 2.05) is 0 Å². The van der Waals surface area contributed by atoms with E-state index < -0.39 is 0 Å². The first-order chi connectivity index (χ1) is 6.72. The van der Waals surface area contributed by atoms with Gasteiger partial charge in [0.25, 0.3) is 5.91 Å². The van der Waals surface area contributed by atoms with E-state index in [0.29, 0.717) is 0 Å². The first kappa shape index (κ1) is 11.6. The molecule has 1 N–H and O–H groups in total. The van der Waals surface area contributed by atoms with Crippen molar-refractivity contribution in [1.29, 1.82) is 0 Å². The summed E-state index contributed by atoms with van der Waals surface area (Å²) in [5, 5.41) is 3.05. The van der Waals surface area contributed by atoms with Gasteiger partial charge in [-0.2, -0.15) is 0 Å². The van der Waals surface area contributed by atoms with Crippen molar-refractivity contribution in [2.24, 2.45) is 0 Å². The van der Waals surface area contributed by atoms with Crippen LogP contribution < -0.4 is 5.32 Å². The Morgan fingerprint density at radius 3 is 2.64 bits per heavy atom. The Hall–Kier alpha value is -0.490. The van der Waals surface area contributed by atoms with Gasteiger partial charge in [-0.1, -0.05) is 26.2 Å². The van der Waals surface area contributed by atoms with Crippen LogP contribution in [-0.2, 0) is 4.79 Å². The Labute approximate surface area is 94.0 Å². The van der Waals surface area contributed by atoms with E-state index in [9.17, 15) is 4.79 Å². The molecule has 1 aliphatic carbocycles. The van der Waals surface area contributed by atoms with E-state index in [-0.39, 0.29) is 11.4 Å². The van der Waals surface area contributed by atoms with E-state index in [1.165, 1.54) is 12.8 Å². The van der Waals surface area contributed by atoms with Crippen LogP contribution in [0.3, 0.4) is 0 Å². The topological polar surface area (TPSA) is 29.1 Å². The summed E-state index contributed by atoms with van der Waals surface area (Å²) in [4.78, 5) is 13.8. The van der Waals surface area contributed by atoms with Gasteiger partial charge in [0.15, 0.2) is 0 Å². The molecular weight excluding hydrogens is 242 g/mol. The smallest absolute Gasteiger partial charge is 0.297 e. The molecule has 0 unspecified atom stereocenters. The summed E-state index contributed by atoms with van der Waals surface area (Å²) in [5.74, 6) is 2.32. The van der Waals surface area contributed by atoms with Crippen molar-refractivity contribution in [1.82, 2.24) is 5.32 Å². The van der Waals surface area contributed by atoms with Crippen LogP contribution in [0, 0.1) is 10.8 Å². The number of rotatable bonds is 3. The van der Waals surface area contributed by atoms with Gasteiger partial charge in [0.05, 0.1) is 0 Å². The predicted molar refractivity (Wildman–Crippen MR) is 61.0 cm³/mol. The fourth-order valence-electron chi connectivity index (χ4n) is 2.28. The summed E-state index contributed by atoms with van der Waals surface area (Å²) in [6, 6.07) is 0. The molecule has 0 radical (unpaired) electrons. The first-order valence-electron chi connectivity index (χ1n) is 5.16. The highest BCUT2D eigenvalue weighted by Crippen LogP contribution is 2.33. The van der Waals surface area contributed by atoms with Crippen LogP contribution in [0.1, 0.15) is 45.4 Å². The average Bonchev–Trinajstić information content (AvgIpc) is 2.54. The lowest BCUT2D eigenvalue weighted by Gasteiger charge is -2.28. The van der Waals surface area contributed by atoms with Gasteiger partial charge in [-0.05, 0) is 24.1 Å². The van der Waals surface area contributed by atoms with Crippen molar-refractivity contribution in [2.45, 2.75) is 51.0 Å². The molecule has 1 saturated carbocycles. The maximum Gasteiger partial charge on any atom is 0.297 e. The molecule has 1 rings (SSSR count). The van der Waals surface area contributed by atoms with E-state index in [2.05, 4.69) is 38.9 Å². The van der Waals surface area contributed by atoms with Gasteiger partial charge in [-0.25, -0.2) is 0 Å². The molecule has 78 valence electrons. The maximum atomic E-state index is 11.4. The molecule has 0 saturated heterocycles. The third kappa shape index (κ3) is 3.02. The van der Waals surface area contributed by atoms with Crippen molar-refractivity contribution < 1.29 is 4.79 Å². The largest absolute Gasteiger partial charge is 0.340 e. The van der Waals surface area contributed by atoms with Crippen molar-refractivity contribution in [3.63, 3.8) is 0 Å². The summed E-state index contributed by atoms with van der Waals surface area (Å²) in [6.07, 6.45) is 6.85. The average molecular weight is 258 g/mol. The summed E-state index contributed by atoms with van der Waals surface area (Å²) in [7, 11) is 0. The zero-order valence-electron chi connectivity index (χ0n) is 8.53. The summed E-state index contributed by atoms with van der Waals surface area (Å²) < 4.78 is 0. The normalized spacial score (nSPS) is 18.4. The lowest BCUT2D eigenvalue weighted by molar-refractivity contribution is -0.117. The molecular formula is C11H16BrNO. The lowest BCUT2D eigenvalue weighted by Crippen LogP contribution is -2.45.